The van der Waals surface area contributed by atoms with Crippen molar-refractivity contribution in [3.05, 3.63) is 46.4 Å². The molecule has 0 aliphatic carbocycles. The number of anilines is 1. The molecule has 0 unspecified atom stereocenters. The summed E-state index contributed by atoms with van der Waals surface area (Å²) in [5.74, 6) is 0.0925. The number of aromatic nitrogens is 2. The van der Waals surface area contributed by atoms with Crippen LogP contribution in [-0.2, 0) is 32.1 Å². The number of methoxy groups -OCH3 is 2. The molecule has 38 heavy (non-hydrogen) atoms. The van der Waals surface area contributed by atoms with E-state index in [0.29, 0.717) is 21.5 Å². The molecule has 0 atom stereocenters. The van der Waals surface area contributed by atoms with Gasteiger partial charge in [-0.3, -0.25) is 19.7 Å². The fourth-order valence-electron chi connectivity index (χ4n) is 3.70. The van der Waals surface area contributed by atoms with Crippen LogP contribution in [0.4, 0.5) is 5.95 Å². The van der Waals surface area contributed by atoms with Crippen molar-refractivity contribution in [3.63, 3.8) is 0 Å². The Morgan fingerprint density at radius 1 is 1.13 bits per heavy atom. The Kier molecular flexibility index (Phi) is 10.1. The number of hydrogen-bond acceptors (Lipinski definition) is 8. The predicted octanol–water partition coefficient (Wildman–Crippen LogP) is 4.26. The molecular formula is C26H31ClN4O6S. The predicted molar refractivity (Wildman–Crippen MR) is 146 cm³/mol. The lowest BCUT2D eigenvalue weighted by molar-refractivity contribution is -0.143. The molecule has 0 saturated heterocycles. The van der Waals surface area contributed by atoms with E-state index < -0.39 is 11.9 Å². The third-order valence-electron chi connectivity index (χ3n) is 5.52. The molecule has 0 fully saturated rings. The molecule has 2 aromatic heterocycles. The van der Waals surface area contributed by atoms with Crippen LogP contribution < -0.4 is 14.8 Å². The van der Waals surface area contributed by atoms with Crippen LogP contribution in [0.2, 0.25) is 4.34 Å². The van der Waals surface area contributed by atoms with Crippen molar-refractivity contribution in [2.24, 2.45) is 0 Å². The van der Waals surface area contributed by atoms with Gasteiger partial charge >= 0.3 is 5.97 Å². The summed E-state index contributed by atoms with van der Waals surface area (Å²) in [5, 5.41) is 2.74. The van der Waals surface area contributed by atoms with Crippen molar-refractivity contribution in [3.8, 4) is 22.1 Å². The van der Waals surface area contributed by atoms with Crippen molar-refractivity contribution in [1.82, 2.24) is 14.5 Å². The van der Waals surface area contributed by atoms with Gasteiger partial charge in [0, 0.05) is 12.2 Å². The number of halogens is 1. The minimum absolute atomic E-state index is 0.0760. The number of amides is 2. The van der Waals surface area contributed by atoms with Crippen LogP contribution in [-0.4, -0.2) is 65.6 Å². The van der Waals surface area contributed by atoms with Crippen molar-refractivity contribution in [2.45, 2.75) is 39.8 Å². The molecule has 10 nitrogen and oxygen atoms in total. The molecular weight excluding hydrogens is 532 g/mol. The zero-order valence-electron chi connectivity index (χ0n) is 21.9. The smallest absolute Gasteiger partial charge is 0.326 e. The summed E-state index contributed by atoms with van der Waals surface area (Å²) in [6.45, 7) is 5.28. The standard InChI is InChI=1S/C26H31ClN4O6S/c1-6-37-25(34)15-30-13-18(21-9-10-22(27)38-21)28-26(30)29-23(32)14-31(16(2)3)24(33)12-17-7-8-19(35-4)20(11-17)36-5/h7-11,13,16H,6,12,14-15H2,1-5H3,(H,28,29,32). The molecule has 12 heteroatoms. The topological polar surface area (TPSA) is 112 Å². The fraction of sp³-hybridized carbons (Fsp3) is 0.385. The number of carbonyl (C=O) groups is 3. The van der Waals surface area contributed by atoms with Crippen LogP contribution in [0.3, 0.4) is 0 Å². The average molecular weight is 563 g/mol. The largest absolute Gasteiger partial charge is 0.493 e. The first-order valence-electron chi connectivity index (χ1n) is 11.9. The zero-order valence-corrected chi connectivity index (χ0v) is 23.5. The first-order valence-corrected chi connectivity index (χ1v) is 13.1. The number of carbonyl (C=O) groups excluding carboxylic acids is 3. The monoisotopic (exact) mass is 562 g/mol. The van der Waals surface area contributed by atoms with Gasteiger partial charge in [0.05, 0.1) is 36.5 Å². The summed E-state index contributed by atoms with van der Waals surface area (Å²) in [7, 11) is 3.07. The fourth-order valence-corrected chi connectivity index (χ4v) is 4.69. The molecule has 2 amide bonds. The Labute approximate surface area is 230 Å². The average Bonchev–Trinajstić information content (AvgIpc) is 3.48. The molecule has 0 radical (unpaired) electrons. The van der Waals surface area contributed by atoms with E-state index in [4.69, 9.17) is 25.8 Å². The van der Waals surface area contributed by atoms with Gasteiger partial charge in [0.25, 0.3) is 0 Å². The quantitative estimate of drug-likeness (QED) is 0.328. The maximum atomic E-state index is 13.2. The van der Waals surface area contributed by atoms with Gasteiger partial charge in [0.15, 0.2) is 11.5 Å². The summed E-state index contributed by atoms with van der Waals surface area (Å²) in [5.41, 5.74) is 1.27. The minimum Gasteiger partial charge on any atom is -0.493 e. The number of imidazole rings is 1. The highest BCUT2D eigenvalue weighted by molar-refractivity contribution is 7.19. The van der Waals surface area contributed by atoms with E-state index in [1.165, 1.54) is 27.9 Å². The molecule has 0 aliphatic heterocycles. The molecule has 0 bridgehead atoms. The SMILES string of the molecule is CCOC(=O)Cn1cc(-c2ccc(Cl)s2)nc1NC(=O)CN(C(=O)Cc1ccc(OC)c(OC)c1)C(C)C. The molecule has 3 aromatic rings. The molecule has 0 spiro atoms. The van der Waals surface area contributed by atoms with Crippen LogP contribution in [0.25, 0.3) is 10.6 Å². The second-order valence-electron chi connectivity index (χ2n) is 8.52. The van der Waals surface area contributed by atoms with Crippen molar-refractivity contribution in [1.29, 1.82) is 0 Å². The molecule has 0 aliphatic rings. The first-order chi connectivity index (χ1) is 18.1. The van der Waals surface area contributed by atoms with Gasteiger partial charge in [-0.25, -0.2) is 4.98 Å². The lowest BCUT2D eigenvalue weighted by atomic mass is 10.1. The lowest BCUT2D eigenvalue weighted by Crippen LogP contribution is -2.43. The number of hydrogen-bond donors (Lipinski definition) is 1. The zero-order chi connectivity index (χ0) is 27.8. The second kappa shape index (κ2) is 13.3. The summed E-state index contributed by atoms with van der Waals surface area (Å²) in [6.07, 6.45) is 1.73. The second-order valence-corrected chi connectivity index (χ2v) is 10.2. The Balaban J connectivity index is 1.76. The summed E-state index contributed by atoms with van der Waals surface area (Å²) in [4.78, 5) is 45.1. The normalized spacial score (nSPS) is 10.8. The molecule has 1 N–H and O–H groups in total. The van der Waals surface area contributed by atoms with E-state index in [0.717, 1.165) is 10.4 Å². The molecule has 2 heterocycles. The summed E-state index contributed by atoms with van der Waals surface area (Å²) in [6, 6.07) is 8.56. The van der Waals surface area contributed by atoms with E-state index >= 15 is 0 Å². The lowest BCUT2D eigenvalue weighted by Gasteiger charge is -2.26. The number of thiophene rings is 1. The van der Waals surface area contributed by atoms with Crippen LogP contribution in [0.1, 0.15) is 26.3 Å². The van der Waals surface area contributed by atoms with Gasteiger partial charge < -0.3 is 23.7 Å². The van der Waals surface area contributed by atoms with Gasteiger partial charge in [0.1, 0.15) is 18.8 Å². The summed E-state index contributed by atoms with van der Waals surface area (Å²) >= 11 is 7.39. The Hall–Kier alpha value is -3.57. The molecule has 1 aromatic carbocycles. The van der Waals surface area contributed by atoms with Gasteiger partial charge in [-0.05, 0) is 50.6 Å². The van der Waals surface area contributed by atoms with Gasteiger partial charge in [-0.1, -0.05) is 17.7 Å². The Morgan fingerprint density at radius 3 is 2.47 bits per heavy atom. The van der Waals surface area contributed by atoms with E-state index in [1.807, 2.05) is 19.9 Å². The van der Waals surface area contributed by atoms with Crippen molar-refractivity contribution >= 4 is 46.7 Å². The van der Waals surface area contributed by atoms with E-state index in [-0.39, 0.29) is 44.0 Å². The molecule has 0 saturated carbocycles. The van der Waals surface area contributed by atoms with Crippen molar-refractivity contribution < 1.29 is 28.6 Å². The van der Waals surface area contributed by atoms with Crippen LogP contribution in [0.5, 0.6) is 11.5 Å². The maximum absolute atomic E-state index is 13.2. The highest BCUT2D eigenvalue weighted by Crippen LogP contribution is 2.31. The van der Waals surface area contributed by atoms with Crippen LogP contribution in [0.15, 0.2) is 36.5 Å². The van der Waals surface area contributed by atoms with Gasteiger partial charge in [-0.2, -0.15) is 0 Å². The number of benzene rings is 1. The number of esters is 1. The van der Waals surface area contributed by atoms with Gasteiger partial charge in [0.2, 0.25) is 17.8 Å². The number of nitrogens with one attached hydrogen (secondary N) is 1. The number of nitrogens with zero attached hydrogens (tertiary/aromatic N) is 3. The number of ether oxygens (including phenoxy) is 3. The van der Waals surface area contributed by atoms with Gasteiger partial charge in [-0.15, -0.1) is 11.3 Å². The maximum Gasteiger partial charge on any atom is 0.326 e. The Bertz CT molecular complexity index is 1290. The number of rotatable bonds is 12. The van der Waals surface area contributed by atoms with Crippen molar-refractivity contribution in [2.75, 3.05) is 32.7 Å². The first kappa shape index (κ1) is 29.0. The third kappa shape index (κ3) is 7.48. The molecule has 204 valence electrons. The van der Waals surface area contributed by atoms with Crippen LogP contribution >= 0.6 is 22.9 Å². The van der Waals surface area contributed by atoms with E-state index in [1.54, 1.807) is 44.5 Å². The Morgan fingerprint density at radius 2 is 1.87 bits per heavy atom. The summed E-state index contributed by atoms with van der Waals surface area (Å²) < 4.78 is 17.7. The third-order valence-corrected chi connectivity index (χ3v) is 6.77. The highest BCUT2D eigenvalue weighted by Gasteiger charge is 2.23. The van der Waals surface area contributed by atoms with Crippen LogP contribution in [0, 0.1) is 0 Å². The van der Waals surface area contributed by atoms with E-state index in [9.17, 15) is 14.4 Å². The minimum atomic E-state index is -0.468. The highest BCUT2D eigenvalue weighted by atomic mass is 35.5. The van der Waals surface area contributed by atoms with E-state index in [2.05, 4.69) is 10.3 Å². The molecule has 3 rings (SSSR count).